The Morgan fingerprint density at radius 1 is 1.04 bits per heavy atom. The van der Waals surface area contributed by atoms with Crippen LogP contribution >= 0.6 is 12.2 Å². The van der Waals surface area contributed by atoms with Gasteiger partial charge in [-0.1, -0.05) is 38.1 Å². The predicted octanol–water partition coefficient (Wildman–Crippen LogP) is 5.00. The second-order valence-electron chi connectivity index (χ2n) is 6.38. The van der Waals surface area contributed by atoms with Crippen molar-refractivity contribution in [2.24, 2.45) is 0 Å². The Morgan fingerprint density at radius 3 is 2.38 bits per heavy atom. The lowest BCUT2D eigenvalue weighted by atomic mass is 10.0. The number of aromatic nitrogens is 2. The van der Waals surface area contributed by atoms with E-state index >= 15 is 0 Å². The van der Waals surface area contributed by atoms with Gasteiger partial charge in [0.25, 0.3) is 0 Å². The molecule has 0 atom stereocenters. The van der Waals surface area contributed by atoms with E-state index in [1.54, 1.807) is 16.8 Å². The zero-order chi connectivity index (χ0) is 18.5. The molecule has 0 spiro atoms. The van der Waals surface area contributed by atoms with Crippen LogP contribution in [0, 0.1) is 5.82 Å². The van der Waals surface area contributed by atoms with Gasteiger partial charge < -0.3 is 10.6 Å². The largest absolute Gasteiger partial charge is 0.332 e. The SMILES string of the molecule is CC(C)c1ccc(NC(=S)Nc2ccn(Cc3ccc(F)cc3)n2)cc1. The fraction of sp³-hybridized carbons (Fsp3) is 0.200. The van der Waals surface area contributed by atoms with Crippen LogP contribution in [-0.2, 0) is 6.54 Å². The number of thiocarbonyl (C=S) groups is 1. The number of nitrogens with one attached hydrogen (secondary N) is 2. The first-order valence-electron chi connectivity index (χ1n) is 8.45. The van der Waals surface area contributed by atoms with Crippen LogP contribution in [0.15, 0.2) is 60.8 Å². The van der Waals surface area contributed by atoms with Gasteiger partial charge in [0.1, 0.15) is 5.82 Å². The molecule has 6 heteroatoms. The summed E-state index contributed by atoms with van der Waals surface area (Å²) < 4.78 is 14.7. The van der Waals surface area contributed by atoms with E-state index in [0.29, 0.717) is 23.4 Å². The smallest absolute Gasteiger partial charge is 0.176 e. The molecule has 0 aliphatic heterocycles. The summed E-state index contributed by atoms with van der Waals surface area (Å²) in [5.74, 6) is 0.914. The zero-order valence-electron chi connectivity index (χ0n) is 14.7. The predicted molar refractivity (Wildman–Crippen MR) is 108 cm³/mol. The van der Waals surface area contributed by atoms with Crippen LogP contribution in [-0.4, -0.2) is 14.9 Å². The van der Waals surface area contributed by atoms with Crippen molar-refractivity contribution in [2.45, 2.75) is 26.3 Å². The third-order valence-electron chi connectivity index (χ3n) is 3.98. The minimum atomic E-state index is -0.241. The number of rotatable bonds is 5. The lowest BCUT2D eigenvalue weighted by Crippen LogP contribution is -2.19. The molecule has 0 fully saturated rings. The summed E-state index contributed by atoms with van der Waals surface area (Å²) in [6.45, 7) is 4.90. The van der Waals surface area contributed by atoms with Gasteiger partial charge in [0.2, 0.25) is 0 Å². The van der Waals surface area contributed by atoms with Crippen LogP contribution in [0.5, 0.6) is 0 Å². The fourth-order valence-corrected chi connectivity index (χ4v) is 2.75. The Morgan fingerprint density at radius 2 is 1.73 bits per heavy atom. The molecule has 134 valence electrons. The molecule has 3 rings (SSSR count). The highest BCUT2D eigenvalue weighted by Crippen LogP contribution is 2.17. The monoisotopic (exact) mass is 368 g/mol. The second-order valence-corrected chi connectivity index (χ2v) is 6.79. The van der Waals surface area contributed by atoms with Gasteiger partial charge >= 0.3 is 0 Å². The first kappa shape index (κ1) is 18.1. The van der Waals surface area contributed by atoms with E-state index in [9.17, 15) is 4.39 Å². The van der Waals surface area contributed by atoms with Gasteiger partial charge in [-0.05, 0) is 53.5 Å². The summed E-state index contributed by atoms with van der Waals surface area (Å²) >= 11 is 5.34. The topological polar surface area (TPSA) is 41.9 Å². The molecular formula is C20H21FN4S. The summed E-state index contributed by atoms with van der Waals surface area (Å²) in [7, 11) is 0. The Balaban J connectivity index is 1.56. The molecule has 0 aliphatic rings. The summed E-state index contributed by atoms with van der Waals surface area (Å²) in [5.41, 5.74) is 3.19. The summed E-state index contributed by atoms with van der Waals surface area (Å²) in [5, 5.41) is 11.1. The molecule has 4 nitrogen and oxygen atoms in total. The molecule has 0 radical (unpaired) electrons. The van der Waals surface area contributed by atoms with E-state index in [4.69, 9.17) is 12.2 Å². The molecule has 3 aromatic rings. The molecular weight excluding hydrogens is 347 g/mol. The van der Waals surface area contributed by atoms with Crippen molar-refractivity contribution >= 4 is 28.8 Å². The highest BCUT2D eigenvalue weighted by molar-refractivity contribution is 7.80. The van der Waals surface area contributed by atoms with Crippen LogP contribution in [0.4, 0.5) is 15.9 Å². The maximum absolute atomic E-state index is 13.0. The maximum Gasteiger partial charge on any atom is 0.176 e. The van der Waals surface area contributed by atoms with Crippen LogP contribution < -0.4 is 10.6 Å². The van der Waals surface area contributed by atoms with Crippen molar-refractivity contribution in [2.75, 3.05) is 10.6 Å². The molecule has 1 heterocycles. The number of hydrogen-bond acceptors (Lipinski definition) is 2. The van der Waals surface area contributed by atoms with Crippen molar-refractivity contribution in [3.63, 3.8) is 0 Å². The van der Waals surface area contributed by atoms with Crippen molar-refractivity contribution in [1.29, 1.82) is 0 Å². The lowest BCUT2D eigenvalue weighted by Gasteiger charge is -2.10. The van der Waals surface area contributed by atoms with E-state index in [-0.39, 0.29) is 5.82 Å². The Bertz CT molecular complexity index is 870. The average Bonchev–Trinajstić information content (AvgIpc) is 3.04. The number of halogens is 1. The normalized spacial score (nSPS) is 10.8. The van der Waals surface area contributed by atoms with Gasteiger partial charge in [-0.15, -0.1) is 0 Å². The molecule has 0 saturated heterocycles. The summed E-state index contributed by atoms with van der Waals surface area (Å²) in [6, 6.07) is 16.4. The van der Waals surface area contributed by atoms with Crippen molar-refractivity contribution < 1.29 is 4.39 Å². The minimum Gasteiger partial charge on any atom is -0.332 e. The van der Waals surface area contributed by atoms with Crippen LogP contribution in [0.3, 0.4) is 0 Å². The first-order valence-corrected chi connectivity index (χ1v) is 8.86. The van der Waals surface area contributed by atoms with E-state index < -0.39 is 0 Å². The van der Waals surface area contributed by atoms with Crippen molar-refractivity contribution in [3.8, 4) is 0 Å². The summed E-state index contributed by atoms with van der Waals surface area (Å²) in [6.07, 6.45) is 1.85. The molecule has 0 saturated carbocycles. The van der Waals surface area contributed by atoms with Crippen molar-refractivity contribution in [1.82, 2.24) is 9.78 Å². The number of benzene rings is 2. The van der Waals surface area contributed by atoms with Gasteiger partial charge in [-0.3, -0.25) is 4.68 Å². The van der Waals surface area contributed by atoms with Gasteiger partial charge in [-0.2, -0.15) is 5.10 Å². The maximum atomic E-state index is 13.0. The highest BCUT2D eigenvalue weighted by atomic mass is 32.1. The van der Waals surface area contributed by atoms with Gasteiger partial charge in [0, 0.05) is 18.0 Å². The Labute approximate surface area is 158 Å². The van der Waals surface area contributed by atoms with Gasteiger partial charge in [-0.25, -0.2) is 4.39 Å². The highest BCUT2D eigenvalue weighted by Gasteiger charge is 2.04. The second kappa shape index (κ2) is 8.10. The first-order chi connectivity index (χ1) is 12.5. The molecule has 2 N–H and O–H groups in total. The van der Waals surface area contributed by atoms with Crippen LogP contribution in [0.25, 0.3) is 0 Å². The van der Waals surface area contributed by atoms with Crippen LogP contribution in [0.2, 0.25) is 0 Å². The number of hydrogen-bond donors (Lipinski definition) is 2. The molecule has 0 bridgehead atoms. The number of anilines is 2. The fourth-order valence-electron chi connectivity index (χ4n) is 2.52. The molecule has 0 aliphatic carbocycles. The molecule has 1 aromatic heterocycles. The van der Waals surface area contributed by atoms with E-state index in [1.807, 2.05) is 24.4 Å². The summed E-state index contributed by atoms with van der Waals surface area (Å²) in [4.78, 5) is 0. The van der Waals surface area contributed by atoms with Crippen molar-refractivity contribution in [3.05, 3.63) is 77.7 Å². The minimum absolute atomic E-state index is 0.241. The third kappa shape index (κ3) is 4.89. The lowest BCUT2D eigenvalue weighted by molar-refractivity contribution is 0.624. The van der Waals surface area contributed by atoms with Gasteiger partial charge in [0.05, 0.1) is 6.54 Å². The van der Waals surface area contributed by atoms with E-state index in [0.717, 1.165) is 11.3 Å². The molecule has 2 aromatic carbocycles. The van der Waals surface area contributed by atoms with E-state index in [2.05, 4.69) is 41.7 Å². The van der Waals surface area contributed by atoms with E-state index in [1.165, 1.54) is 17.7 Å². The quantitative estimate of drug-likeness (QED) is 0.622. The Kier molecular flexibility index (Phi) is 5.63. The number of nitrogens with zero attached hydrogens (tertiary/aromatic N) is 2. The standard InChI is InChI=1S/C20H21FN4S/c1-14(2)16-5-9-18(10-6-16)22-20(26)23-19-11-12-25(24-19)13-15-3-7-17(21)8-4-15/h3-12,14H,13H2,1-2H3,(H2,22,23,24,26). The zero-order valence-corrected chi connectivity index (χ0v) is 15.6. The third-order valence-corrected chi connectivity index (χ3v) is 4.18. The molecule has 0 unspecified atom stereocenters. The molecule has 26 heavy (non-hydrogen) atoms. The average molecular weight is 368 g/mol. The molecule has 0 amide bonds. The van der Waals surface area contributed by atoms with Gasteiger partial charge in [0.15, 0.2) is 10.9 Å². The van der Waals surface area contributed by atoms with Crippen LogP contribution in [0.1, 0.15) is 30.9 Å². The Hall–Kier alpha value is -2.73.